The molecular formula is C26H36N8O2. The molecule has 10 nitrogen and oxygen atoms in total. The van der Waals surface area contributed by atoms with Gasteiger partial charge in [0.1, 0.15) is 0 Å². The quantitative estimate of drug-likeness (QED) is 0.379. The smallest absolute Gasteiger partial charge is 0.251 e. The van der Waals surface area contributed by atoms with Gasteiger partial charge < -0.3 is 26.0 Å². The highest BCUT2D eigenvalue weighted by Gasteiger charge is 2.20. The molecule has 2 aromatic heterocycles. The fourth-order valence-electron chi connectivity index (χ4n) is 4.75. The van der Waals surface area contributed by atoms with Crippen LogP contribution in [0.3, 0.4) is 0 Å². The monoisotopic (exact) mass is 492 g/mol. The van der Waals surface area contributed by atoms with E-state index in [0.29, 0.717) is 24.0 Å². The summed E-state index contributed by atoms with van der Waals surface area (Å²) in [6, 6.07) is 8.18. The molecule has 1 atom stereocenters. The summed E-state index contributed by atoms with van der Waals surface area (Å²) in [5.74, 6) is 1.46. The van der Waals surface area contributed by atoms with Gasteiger partial charge in [-0.1, -0.05) is 26.0 Å². The molecule has 0 spiro atoms. The summed E-state index contributed by atoms with van der Waals surface area (Å²) in [7, 11) is 0. The third-order valence-electron chi connectivity index (χ3n) is 6.84. The number of ether oxygens (including phenoxy) is 1. The number of amides is 1. The molecule has 2 aliphatic heterocycles. The van der Waals surface area contributed by atoms with Crippen molar-refractivity contribution in [3.05, 3.63) is 47.2 Å². The molecule has 2 saturated heterocycles. The van der Waals surface area contributed by atoms with Crippen LogP contribution >= 0.6 is 0 Å². The molecule has 36 heavy (non-hydrogen) atoms. The lowest BCUT2D eigenvalue weighted by Gasteiger charge is -2.24. The lowest BCUT2D eigenvalue weighted by Crippen LogP contribution is -2.45. The number of hydrogen-bond donors (Lipinski definition) is 4. The second kappa shape index (κ2) is 11.2. The zero-order valence-electron chi connectivity index (χ0n) is 21.1. The maximum Gasteiger partial charge on any atom is 0.251 e. The predicted octanol–water partition coefficient (Wildman–Crippen LogP) is 2.93. The van der Waals surface area contributed by atoms with Gasteiger partial charge in [0.15, 0.2) is 5.65 Å². The second-order valence-corrected chi connectivity index (χ2v) is 9.96. The van der Waals surface area contributed by atoms with Gasteiger partial charge in [-0.3, -0.25) is 4.79 Å². The van der Waals surface area contributed by atoms with Gasteiger partial charge in [-0.05, 0) is 55.8 Å². The number of hydrogen-bond acceptors (Lipinski definition) is 8. The topological polar surface area (TPSA) is 118 Å². The Labute approximate surface area is 211 Å². The number of carbonyl (C=O) groups excluding carboxylic acids is 1. The number of nitrogens with one attached hydrogen (secondary N) is 4. The highest BCUT2D eigenvalue weighted by Crippen LogP contribution is 2.23. The van der Waals surface area contributed by atoms with E-state index < -0.39 is 0 Å². The molecule has 0 aliphatic carbocycles. The van der Waals surface area contributed by atoms with Crippen LogP contribution in [-0.4, -0.2) is 63.9 Å². The van der Waals surface area contributed by atoms with Gasteiger partial charge in [0.2, 0.25) is 11.9 Å². The van der Waals surface area contributed by atoms with Crippen molar-refractivity contribution >= 4 is 23.5 Å². The molecule has 2 fully saturated rings. The molecule has 4 heterocycles. The number of rotatable bonds is 8. The van der Waals surface area contributed by atoms with E-state index in [1.807, 2.05) is 30.5 Å². The highest BCUT2D eigenvalue weighted by atomic mass is 16.5. The van der Waals surface area contributed by atoms with E-state index in [9.17, 15) is 4.79 Å². The summed E-state index contributed by atoms with van der Waals surface area (Å²) in [6.45, 7) is 8.11. The third-order valence-corrected chi connectivity index (χ3v) is 6.84. The molecule has 0 bridgehead atoms. The number of piperidine rings is 1. The molecule has 3 aromatic rings. The van der Waals surface area contributed by atoms with Crippen LogP contribution in [0.1, 0.15) is 66.9 Å². The molecule has 1 amide bonds. The van der Waals surface area contributed by atoms with Gasteiger partial charge in [0.05, 0.1) is 6.20 Å². The van der Waals surface area contributed by atoms with Crippen LogP contribution in [0.5, 0.6) is 0 Å². The van der Waals surface area contributed by atoms with E-state index in [2.05, 4.69) is 40.2 Å². The SMILES string of the molecule is CC(C)c1cnn2c(NCc3cccc(C(=O)N[C@H]4CCCNC4)c3)nc(NC3CCOCC3)nc12. The van der Waals surface area contributed by atoms with Crippen LogP contribution in [0.2, 0.25) is 0 Å². The van der Waals surface area contributed by atoms with Crippen molar-refractivity contribution in [3.8, 4) is 0 Å². The standard InChI is InChI=1S/C26H36N8O2/c1-17(2)22-16-29-34-23(22)32-25(31-20-8-11-36-12-9-20)33-26(34)28-14-18-5-3-6-19(13-18)24(35)30-21-7-4-10-27-15-21/h3,5-6,13,16-17,20-21,27H,4,7-12,14-15H2,1-2H3,(H,30,35)(H2,28,31,32,33)/t21-/m0/s1. The molecule has 1 aromatic carbocycles. The van der Waals surface area contributed by atoms with Crippen LogP contribution in [0.25, 0.3) is 5.65 Å². The van der Waals surface area contributed by atoms with Crippen LogP contribution < -0.4 is 21.3 Å². The van der Waals surface area contributed by atoms with Crippen LogP contribution in [0.4, 0.5) is 11.9 Å². The third kappa shape index (κ3) is 5.76. The van der Waals surface area contributed by atoms with Crippen molar-refractivity contribution < 1.29 is 9.53 Å². The van der Waals surface area contributed by atoms with Crippen molar-refractivity contribution in [2.45, 2.75) is 64.1 Å². The molecule has 2 aliphatic rings. The van der Waals surface area contributed by atoms with Crippen molar-refractivity contribution in [1.29, 1.82) is 0 Å². The van der Waals surface area contributed by atoms with Crippen molar-refractivity contribution in [3.63, 3.8) is 0 Å². The normalized spacial score (nSPS) is 18.9. The summed E-state index contributed by atoms with van der Waals surface area (Å²) in [6.07, 6.45) is 5.82. The minimum absolute atomic E-state index is 0.0356. The van der Waals surface area contributed by atoms with Crippen LogP contribution in [-0.2, 0) is 11.3 Å². The van der Waals surface area contributed by atoms with E-state index in [4.69, 9.17) is 14.7 Å². The van der Waals surface area contributed by atoms with E-state index in [0.717, 1.165) is 68.8 Å². The first-order valence-corrected chi connectivity index (χ1v) is 13.0. The number of nitrogens with zero attached hydrogens (tertiary/aromatic N) is 4. The molecule has 0 saturated carbocycles. The lowest BCUT2D eigenvalue weighted by molar-refractivity contribution is 0.0903. The highest BCUT2D eigenvalue weighted by molar-refractivity contribution is 5.94. The Hall–Kier alpha value is -3.24. The zero-order valence-corrected chi connectivity index (χ0v) is 21.1. The van der Waals surface area contributed by atoms with Gasteiger partial charge in [0, 0.05) is 49.5 Å². The largest absolute Gasteiger partial charge is 0.381 e. The maximum atomic E-state index is 12.8. The Kier molecular flexibility index (Phi) is 7.62. The first-order valence-electron chi connectivity index (χ1n) is 13.0. The fourth-order valence-corrected chi connectivity index (χ4v) is 4.75. The Balaban J connectivity index is 1.33. The zero-order chi connectivity index (χ0) is 24.9. The first kappa shape index (κ1) is 24.5. The number of fused-ring (bicyclic) bond motifs is 1. The second-order valence-electron chi connectivity index (χ2n) is 9.96. The van der Waals surface area contributed by atoms with Crippen molar-refractivity contribution in [1.82, 2.24) is 30.2 Å². The Morgan fingerprint density at radius 3 is 2.83 bits per heavy atom. The molecule has 5 rings (SSSR count). The molecule has 0 radical (unpaired) electrons. The minimum atomic E-state index is -0.0356. The molecule has 0 unspecified atom stereocenters. The number of benzene rings is 1. The van der Waals surface area contributed by atoms with E-state index >= 15 is 0 Å². The van der Waals surface area contributed by atoms with Crippen LogP contribution in [0, 0.1) is 0 Å². The van der Waals surface area contributed by atoms with E-state index in [1.165, 1.54) is 0 Å². The molecule has 4 N–H and O–H groups in total. The summed E-state index contributed by atoms with van der Waals surface area (Å²) in [4.78, 5) is 22.4. The number of carbonyl (C=O) groups is 1. The molecule has 10 heteroatoms. The predicted molar refractivity (Wildman–Crippen MR) is 139 cm³/mol. The number of anilines is 2. The van der Waals surface area contributed by atoms with Gasteiger partial charge in [-0.15, -0.1) is 0 Å². The first-order chi connectivity index (χ1) is 17.6. The average Bonchev–Trinajstić information content (AvgIpc) is 3.33. The Morgan fingerprint density at radius 2 is 2.06 bits per heavy atom. The van der Waals surface area contributed by atoms with Crippen molar-refractivity contribution in [2.24, 2.45) is 0 Å². The van der Waals surface area contributed by atoms with Gasteiger partial charge >= 0.3 is 0 Å². The van der Waals surface area contributed by atoms with E-state index in [1.54, 1.807) is 4.52 Å². The van der Waals surface area contributed by atoms with Gasteiger partial charge in [-0.2, -0.15) is 19.6 Å². The Bertz CT molecular complexity index is 1180. The minimum Gasteiger partial charge on any atom is -0.381 e. The fraction of sp³-hybridized carbons (Fsp3) is 0.538. The lowest BCUT2D eigenvalue weighted by atomic mass is 10.1. The summed E-state index contributed by atoms with van der Waals surface area (Å²) in [5.41, 5.74) is 3.53. The van der Waals surface area contributed by atoms with Crippen molar-refractivity contribution in [2.75, 3.05) is 36.9 Å². The summed E-state index contributed by atoms with van der Waals surface area (Å²) in [5, 5.41) is 18.0. The van der Waals surface area contributed by atoms with Crippen LogP contribution in [0.15, 0.2) is 30.5 Å². The Morgan fingerprint density at radius 1 is 1.19 bits per heavy atom. The molecular weight excluding hydrogens is 456 g/mol. The van der Waals surface area contributed by atoms with Gasteiger partial charge in [0.25, 0.3) is 5.91 Å². The van der Waals surface area contributed by atoms with Gasteiger partial charge in [-0.25, -0.2) is 0 Å². The summed E-state index contributed by atoms with van der Waals surface area (Å²) >= 11 is 0. The molecule has 192 valence electrons. The number of aromatic nitrogens is 4. The maximum absolute atomic E-state index is 12.8. The van der Waals surface area contributed by atoms with E-state index in [-0.39, 0.29) is 23.9 Å². The average molecular weight is 493 g/mol. The summed E-state index contributed by atoms with van der Waals surface area (Å²) < 4.78 is 7.25.